The topological polar surface area (TPSA) is 45.4 Å². The maximum atomic E-state index is 9.60. The number of hydrogen-bond donors (Lipinski definition) is 2. The van der Waals surface area contributed by atoms with Crippen LogP contribution in [0.2, 0.25) is 0 Å². The van der Waals surface area contributed by atoms with Crippen molar-refractivity contribution in [1.82, 2.24) is 5.32 Å². The zero-order valence-corrected chi connectivity index (χ0v) is 10.5. The van der Waals surface area contributed by atoms with Crippen LogP contribution in [0.1, 0.15) is 51.2 Å². The summed E-state index contributed by atoms with van der Waals surface area (Å²) in [6.45, 7) is 6.83. The summed E-state index contributed by atoms with van der Waals surface area (Å²) in [5.41, 5.74) is 0. The minimum absolute atomic E-state index is 0.159. The Morgan fingerprint density at radius 1 is 1.38 bits per heavy atom. The van der Waals surface area contributed by atoms with Crippen LogP contribution in [0.15, 0.2) is 16.5 Å². The van der Waals surface area contributed by atoms with Gasteiger partial charge in [0.15, 0.2) is 0 Å². The lowest BCUT2D eigenvalue weighted by Gasteiger charge is -2.15. The molecule has 0 aliphatic heterocycles. The Morgan fingerprint density at radius 3 is 2.69 bits per heavy atom. The molecule has 0 saturated heterocycles. The van der Waals surface area contributed by atoms with Gasteiger partial charge in [-0.1, -0.05) is 20.3 Å². The van der Waals surface area contributed by atoms with E-state index in [4.69, 9.17) is 4.42 Å². The van der Waals surface area contributed by atoms with Gasteiger partial charge in [-0.2, -0.15) is 0 Å². The largest absolute Gasteiger partial charge is 0.464 e. The second-order valence-corrected chi connectivity index (χ2v) is 4.23. The van der Waals surface area contributed by atoms with Crippen LogP contribution in [-0.2, 0) is 6.42 Å². The van der Waals surface area contributed by atoms with E-state index in [0.29, 0.717) is 6.54 Å². The lowest BCUT2D eigenvalue weighted by molar-refractivity contribution is 0.155. The maximum absolute atomic E-state index is 9.60. The fourth-order valence-corrected chi connectivity index (χ4v) is 1.67. The van der Waals surface area contributed by atoms with Crippen molar-refractivity contribution in [2.45, 2.75) is 52.2 Å². The first-order valence-corrected chi connectivity index (χ1v) is 6.17. The highest BCUT2D eigenvalue weighted by Crippen LogP contribution is 2.16. The summed E-state index contributed by atoms with van der Waals surface area (Å²) in [7, 11) is 0. The molecule has 0 aliphatic rings. The fourth-order valence-electron chi connectivity index (χ4n) is 1.67. The van der Waals surface area contributed by atoms with E-state index in [2.05, 4.69) is 26.1 Å². The fraction of sp³-hybridized carbons (Fsp3) is 0.692. The molecule has 2 atom stereocenters. The second kappa shape index (κ2) is 6.71. The molecule has 0 fully saturated rings. The summed E-state index contributed by atoms with van der Waals surface area (Å²) in [6, 6.07) is 4.17. The average Bonchev–Trinajstić information content (AvgIpc) is 2.75. The average molecular weight is 225 g/mol. The first-order valence-electron chi connectivity index (χ1n) is 6.17. The molecule has 1 aromatic heterocycles. The van der Waals surface area contributed by atoms with Crippen LogP contribution in [-0.4, -0.2) is 17.8 Å². The van der Waals surface area contributed by atoms with Crippen molar-refractivity contribution < 1.29 is 9.52 Å². The molecule has 0 saturated carbocycles. The van der Waals surface area contributed by atoms with Crippen LogP contribution in [0.4, 0.5) is 0 Å². The van der Waals surface area contributed by atoms with E-state index in [9.17, 15) is 5.11 Å². The van der Waals surface area contributed by atoms with Crippen molar-refractivity contribution in [3.05, 3.63) is 23.7 Å². The number of aliphatic hydroxyl groups is 1. The van der Waals surface area contributed by atoms with Gasteiger partial charge in [0.1, 0.15) is 11.5 Å². The summed E-state index contributed by atoms with van der Waals surface area (Å²) >= 11 is 0. The summed E-state index contributed by atoms with van der Waals surface area (Å²) in [4.78, 5) is 0. The summed E-state index contributed by atoms with van der Waals surface area (Å²) in [5.74, 6) is 1.96. The van der Waals surface area contributed by atoms with Crippen molar-refractivity contribution in [3.63, 3.8) is 0 Å². The monoisotopic (exact) mass is 225 g/mol. The Labute approximate surface area is 97.9 Å². The molecule has 1 heterocycles. The highest BCUT2D eigenvalue weighted by atomic mass is 16.3. The zero-order chi connectivity index (χ0) is 12.0. The van der Waals surface area contributed by atoms with Crippen LogP contribution in [0.5, 0.6) is 0 Å². The van der Waals surface area contributed by atoms with Crippen molar-refractivity contribution in [1.29, 1.82) is 0 Å². The van der Waals surface area contributed by atoms with Crippen LogP contribution in [0.25, 0.3) is 0 Å². The van der Waals surface area contributed by atoms with Crippen molar-refractivity contribution >= 4 is 0 Å². The van der Waals surface area contributed by atoms with Gasteiger partial charge in [0.2, 0.25) is 0 Å². The maximum Gasteiger partial charge on any atom is 0.120 e. The summed E-state index contributed by atoms with van der Waals surface area (Å²) < 4.78 is 5.64. The van der Waals surface area contributed by atoms with E-state index in [-0.39, 0.29) is 12.1 Å². The van der Waals surface area contributed by atoms with Crippen molar-refractivity contribution in [2.75, 3.05) is 6.54 Å². The lowest BCUT2D eigenvalue weighted by Crippen LogP contribution is -2.28. The molecular formula is C13H23NO2. The minimum Gasteiger partial charge on any atom is -0.464 e. The van der Waals surface area contributed by atoms with Gasteiger partial charge in [-0.3, -0.25) is 0 Å². The van der Waals surface area contributed by atoms with Gasteiger partial charge in [0, 0.05) is 13.0 Å². The molecule has 2 N–H and O–H groups in total. The number of hydrogen-bond acceptors (Lipinski definition) is 3. The van der Waals surface area contributed by atoms with Gasteiger partial charge >= 0.3 is 0 Å². The van der Waals surface area contributed by atoms with Crippen LogP contribution in [0, 0.1) is 0 Å². The molecular weight excluding hydrogens is 202 g/mol. The molecule has 0 amide bonds. The molecule has 1 aromatic rings. The molecule has 0 radical (unpaired) electrons. The predicted octanol–water partition coefficient (Wildman–Crippen LogP) is 2.65. The van der Waals surface area contributed by atoms with E-state index in [1.54, 1.807) is 0 Å². The first kappa shape index (κ1) is 13.3. The SMILES string of the molecule is CCCC(O)CNC(C)c1ccc(CC)o1. The molecule has 16 heavy (non-hydrogen) atoms. The van der Waals surface area contributed by atoms with Crippen LogP contribution >= 0.6 is 0 Å². The number of furan rings is 1. The van der Waals surface area contributed by atoms with Gasteiger partial charge in [-0.25, -0.2) is 0 Å². The van der Waals surface area contributed by atoms with Crippen molar-refractivity contribution in [3.8, 4) is 0 Å². The number of aliphatic hydroxyl groups excluding tert-OH is 1. The molecule has 1 rings (SSSR count). The zero-order valence-electron chi connectivity index (χ0n) is 10.5. The Balaban J connectivity index is 2.37. The van der Waals surface area contributed by atoms with E-state index in [1.807, 2.05) is 12.1 Å². The van der Waals surface area contributed by atoms with Crippen LogP contribution < -0.4 is 5.32 Å². The van der Waals surface area contributed by atoms with Crippen LogP contribution in [0.3, 0.4) is 0 Å². The number of rotatable bonds is 7. The second-order valence-electron chi connectivity index (χ2n) is 4.23. The Kier molecular flexibility index (Phi) is 5.56. The summed E-state index contributed by atoms with van der Waals surface area (Å²) in [6.07, 6.45) is 2.52. The molecule has 0 aromatic carbocycles. The summed E-state index contributed by atoms with van der Waals surface area (Å²) in [5, 5.41) is 12.9. The third kappa shape index (κ3) is 3.99. The van der Waals surface area contributed by atoms with Gasteiger partial charge in [0.25, 0.3) is 0 Å². The van der Waals surface area contributed by atoms with Crippen molar-refractivity contribution in [2.24, 2.45) is 0 Å². The molecule has 92 valence electrons. The Hall–Kier alpha value is -0.800. The normalized spacial score (nSPS) is 15.0. The van der Waals surface area contributed by atoms with Gasteiger partial charge in [0.05, 0.1) is 12.1 Å². The van der Waals surface area contributed by atoms with Gasteiger partial charge in [-0.15, -0.1) is 0 Å². The molecule has 0 spiro atoms. The molecule has 2 unspecified atom stereocenters. The quantitative estimate of drug-likeness (QED) is 0.750. The number of aryl methyl sites for hydroxylation is 1. The predicted molar refractivity (Wildman–Crippen MR) is 65.4 cm³/mol. The first-order chi connectivity index (χ1) is 7.67. The highest BCUT2D eigenvalue weighted by molar-refractivity contribution is 5.10. The Bertz CT molecular complexity index is 296. The highest BCUT2D eigenvalue weighted by Gasteiger charge is 2.11. The van der Waals surface area contributed by atoms with E-state index in [0.717, 1.165) is 30.8 Å². The molecule has 0 aliphatic carbocycles. The molecule has 3 heteroatoms. The smallest absolute Gasteiger partial charge is 0.120 e. The van der Waals surface area contributed by atoms with E-state index >= 15 is 0 Å². The van der Waals surface area contributed by atoms with E-state index in [1.165, 1.54) is 0 Å². The molecule has 0 bridgehead atoms. The van der Waals surface area contributed by atoms with E-state index < -0.39 is 0 Å². The lowest BCUT2D eigenvalue weighted by atomic mass is 10.2. The molecule has 3 nitrogen and oxygen atoms in total. The third-order valence-corrected chi connectivity index (χ3v) is 2.74. The number of nitrogens with one attached hydrogen (secondary N) is 1. The third-order valence-electron chi connectivity index (χ3n) is 2.74. The minimum atomic E-state index is -0.256. The van der Waals surface area contributed by atoms with Gasteiger partial charge < -0.3 is 14.8 Å². The standard InChI is InChI=1S/C13H23NO2/c1-4-6-11(15)9-14-10(3)13-8-7-12(5-2)16-13/h7-8,10-11,14-15H,4-6,9H2,1-3H3. The Morgan fingerprint density at radius 2 is 2.12 bits per heavy atom. The van der Waals surface area contributed by atoms with Gasteiger partial charge in [-0.05, 0) is 25.5 Å².